The molecule has 0 spiro atoms. The molecule has 120 valence electrons. The van der Waals surface area contributed by atoms with E-state index in [-0.39, 0.29) is 19.1 Å². The lowest BCUT2D eigenvalue weighted by Gasteiger charge is -2.19. The van der Waals surface area contributed by atoms with Gasteiger partial charge in [-0.15, -0.1) is 0 Å². The van der Waals surface area contributed by atoms with Crippen molar-refractivity contribution in [3.05, 3.63) is 52.0 Å². The molecule has 0 atom stereocenters. The van der Waals surface area contributed by atoms with Crippen LogP contribution >= 0.6 is 27.9 Å². The topological polar surface area (TPSA) is 50.4 Å². The standard InChI is InChI=1S/C15H11BrF2N2O2S/c16-10-4-12-13(22-7-15(21)20-12)5-14(10)23-19-6-8-1-2-9(17)3-11(8)18/h1-5,19H,6-7H2,(H,20,21). The third-order valence-corrected chi connectivity index (χ3v) is 4.89. The number of rotatable bonds is 4. The van der Waals surface area contributed by atoms with Gasteiger partial charge in [0.1, 0.15) is 17.4 Å². The second-order valence-electron chi connectivity index (χ2n) is 4.77. The maximum atomic E-state index is 13.6. The Kier molecular flexibility index (Phi) is 4.84. The minimum atomic E-state index is -0.601. The first kappa shape index (κ1) is 16.2. The Morgan fingerprint density at radius 2 is 2.13 bits per heavy atom. The van der Waals surface area contributed by atoms with E-state index in [1.165, 1.54) is 24.1 Å². The zero-order valence-electron chi connectivity index (χ0n) is 11.7. The number of benzene rings is 2. The average Bonchev–Trinajstić information content (AvgIpc) is 2.50. The molecule has 0 saturated heterocycles. The van der Waals surface area contributed by atoms with Gasteiger partial charge in [0.2, 0.25) is 0 Å². The Balaban J connectivity index is 1.67. The number of ether oxygens (including phenoxy) is 1. The lowest BCUT2D eigenvalue weighted by Crippen LogP contribution is -2.25. The quantitative estimate of drug-likeness (QED) is 0.765. The normalized spacial score (nSPS) is 13.3. The number of nitrogens with one attached hydrogen (secondary N) is 2. The first-order chi connectivity index (χ1) is 11.0. The largest absolute Gasteiger partial charge is 0.482 e. The predicted molar refractivity (Wildman–Crippen MR) is 87.3 cm³/mol. The molecule has 0 radical (unpaired) electrons. The van der Waals surface area contributed by atoms with Crippen LogP contribution in [0.15, 0.2) is 39.7 Å². The Bertz CT molecular complexity index is 773. The highest BCUT2D eigenvalue weighted by Crippen LogP contribution is 2.37. The van der Waals surface area contributed by atoms with E-state index in [9.17, 15) is 13.6 Å². The zero-order valence-corrected chi connectivity index (χ0v) is 14.1. The van der Waals surface area contributed by atoms with Crippen LogP contribution in [0, 0.1) is 11.6 Å². The van der Waals surface area contributed by atoms with Crippen LogP contribution in [-0.2, 0) is 11.3 Å². The van der Waals surface area contributed by atoms with E-state index in [1.807, 2.05) is 0 Å². The number of hydrogen-bond acceptors (Lipinski definition) is 4. The summed E-state index contributed by atoms with van der Waals surface area (Å²) in [5.74, 6) is -0.816. The molecular weight excluding hydrogens is 390 g/mol. The van der Waals surface area contributed by atoms with Gasteiger partial charge in [-0.25, -0.2) is 8.78 Å². The highest BCUT2D eigenvalue weighted by Gasteiger charge is 2.18. The van der Waals surface area contributed by atoms with Crippen LogP contribution in [0.25, 0.3) is 0 Å². The Hall–Kier alpha value is -1.64. The number of halogens is 3. The minimum absolute atomic E-state index is 0.0209. The molecule has 0 saturated carbocycles. The van der Waals surface area contributed by atoms with E-state index in [1.54, 1.807) is 12.1 Å². The molecule has 3 rings (SSSR count). The number of anilines is 1. The van der Waals surface area contributed by atoms with E-state index in [2.05, 4.69) is 26.0 Å². The monoisotopic (exact) mass is 400 g/mol. The summed E-state index contributed by atoms with van der Waals surface area (Å²) in [5.41, 5.74) is 0.971. The van der Waals surface area contributed by atoms with Crippen molar-refractivity contribution >= 4 is 39.5 Å². The van der Waals surface area contributed by atoms with Crippen molar-refractivity contribution in [2.45, 2.75) is 11.4 Å². The fraction of sp³-hybridized carbons (Fsp3) is 0.133. The summed E-state index contributed by atoms with van der Waals surface area (Å²) in [6.45, 7) is 0.213. The summed E-state index contributed by atoms with van der Waals surface area (Å²) in [7, 11) is 0. The molecule has 1 aliphatic heterocycles. The molecule has 1 amide bonds. The molecule has 8 heteroatoms. The highest BCUT2D eigenvalue weighted by molar-refractivity contribution is 9.10. The number of hydrogen-bond donors (Lipinski definition) is 2. The van der Waals surface area contributed by atoms with Gasteiger partial charge in [0, 0.05) is 27.5 Å². The van der Waals surface area contributed by atoms with Crippen LogP contribution in [0.1, 0.15) is 5.56 Å². The van der Waals surface area contributed by atoms with Crippen molar-refractivity contribution in [2.75, 3.05) is 11.9 Å². The van der Waals surface area contributed by atoms with E-state index < -0.39 is 11.6 Å². The molecule has 23 heavy (non-hydrogen) atoms. The summed E-state index contributed by atoms with van der Waals surface area (Å²) in [4.78, 5) is 12.1. The lowest BCUT2D eigenvalue weighted by molar-refractivity contribution is -0.118. The van der Waals surface area contributed by atoms with Crippen molar-refractivity contribution in [2.24, 2.45) is 0 Å². The second kappa shape index (κ2) is 6.86. The summed E-state index contributed by atoms with van der Waals surface area (Å²) in [5, 5.41) is 2.71. The molecule has 0 unspecified atom stereocenters. The van der Waals surface area contributed by atoms with Gasteiger partial charge in [0.25, 0.3) is 5.91 Å². The molecule has 4 nitrogen and oxygen atoms in total. The molecule has 0 aliphatic carbocycles. The predicted octanol–water partition coefficient (Wildman–Crippen LogP) is 3.86. The molecule has 1 aliphatic rings. The number of amides is 1. The van der Waals surface area contributed by atoms with Gasteiger partial charge in [-0.3, -0.25) is 9.52 Å². The molecule has 1 heterocycles. The SMILES string of the molecule is O=C1COc2cc(SNCc3ccc(F)cc3F)c(Br)cc2N1. The van der Waals surface area contributed by atoms with Gasteiger partial charge < -0.3 is 10.1 Å². The molecular formula is C15H11BrF2N2O2S. The average molecular weight is 401 g/mol. The van der Waals surface area contributed by atoms with E-state index in [4.69, 9.17) is 4.74 Å². The van der Waals surface area contributed by atoms with Gasteiger partial charge in [0.15, 0.2) is 6.61 Å². The van der Waals surface area contributed by atoms with E-state index >= 15 is 0 Å². The van der Waals surface area contributed by atoms with Crippen molar-refractivity contribution in [1.29, 1.82) is 0 Å². The fourth-order valence-corrected chi connectivity index (χ4v) is 3.31. The minimum Gasteiger partial charge on any atom is -0.482 e. The van der Waals surface area contributed by atoms with Crippen molar-refractivity contribution < 1.29 is 18.3 Å². The van der Waals surface area contributed by atoms with Crippen LogP contribution in [0.4, 0.5) is 14.5 Å². The van der Waals surface area contributed by atoms with Crippen molar-refractivity contribution in [3.63, 3.8) is 0 Å². The van der Waals surface area contributed by atoms with Crippen LogP contribution in [0.3, 0.4) is 0 Å². The first-order valence-corrected chi connectivity index (χ1v) is 8.24. The number of fused-ring (bicyclic) bond motifs is 1. The van der Waals surface area contributed by atoms with Crippen LogP contribution in [0.2, 0.25) is 0 Å². The van der Waals surface area contributed by atoms with Crippen LogP contribution < -0.4 is 14.8 Å². The maximum absolute atomic E-state index is 13.6. The van der Waals surface area contributed by atoms with E-state index in [0.29, 0.717) is 17.0 Å². The Labute approximate surface area is 143 Å². The molecule has 2 aromatic rings. The first-order valence-electron chi connectivity index (χ1n) is 6.63. The third kappa shape index (κ3) is 3.82. The van der Waals surface area contributed by atoms with Gasteiger partial charge in [-0.2, -0.15) is 0 Å². The number of carbonyl (C=O) groups is 1. The van der Waals surface area contributed by atoms with Gasteiger partial charge in [-0.1, -0.05) is 6.07 Å². The fourth-order valence-electron chi connectivity index (χ4n) is 2.02. The number of carbonyl (C=O) groups excluding carboxylic acids is 1. The molecule has 0 fully saturated rings. The summed E-state index contributed by atoms with van der Waals surface area (Å²) < 4.78 is 35.6. The van der Waals surface area contributed by atoms with Gasteiger partial charge >= 0.3 is 0 Å². The van der Waals surface area contributed by atoms with Crippen LogP contribution in [0.5, 0.6) is 5.75 Å². The van der Waals surface area contributed by atoms with Gasteiger partial charge in [-0.05, 0) is 46.1 Å². The van der Waals surface area contributed by atoms with Gasteiger partial charge in [0.05, 0.1) is 5.69 Å². The molecule has 2 N–H and O–H groups in total. The van der Waals surface area contributed by atoms with E-state index in [0.717, 1.165) is 15.4 Å². The zero-order chi connectivity index (χ0) is 16.4. The molecule has 0 aromatic heterocycles. The summed E-state index contributed by atoms with van der Waals surface area (Å²) in [6, 6.07) is 6.99. The molecule has 2 aromatic carbocycles. The Morgan fingerprint density at radius 3 is 2.91 bits per heavy atom. The third-order valence-electron chi connectivity index (χ3n) is 3.13. The Morgan fingerprint density at radius 1 is 1.30 bits per heavy atom. The lowest BCUT2D eigenvalue weighted by atomic mass is 10.2. The summed E-state index contributed by atoms with van der Waals surface area (Å²) in [6.07, 6.45) is 0. The van der Waals surface area contributed by atoms with Crippen molar-refractivity contribution in [1.82, 2.24) is 4.72 Å². The van der Waals surface area contributed by atoms with Crippen LogP contribution in [-0.4, -0.2) is 12.5 Å². The second-order valence-corrected chi connectivity index (χ2v) is 6.56. The van der Waals surface area contributed by atoms with Crippen molar-refractivity contribution in [3.8, 4) is 5.75 Å². The smallest absolute Gasteiger partial charge is 0.262 e. The highest BCUT2D eigenvalue weighted by atomic mass is 79.9. The maximum Gasteiger partial charge on any atom is 0.262 e. The summed E-state index contributed by atoms with van der Waals surface area (Å²) >= 11 is 4.69. The molecule has 0 bridgehead atoms.